The fourth-order valence-corrected chi connectivity index (χ4v) is 3.50. The molecule has 1 saturated heterocycles. The Morgan fingerprint density at radius 2 is 2.16 bits per heavy atom. The standard InChI is InChI=1S/C15H27NO3/c1-16(10-5-6-14(17)18-2)13-7-11-19-15(12-13)8-3-4-9-15/h13H,3-12H2,1-2H3. The van der Waals surface area contributed by atoms with Crippen molar-refractivity contribution in [3.63, 3.8) is 0 Å². The van der Waals surface area contributed by atoms with Gasteiger partial charge in [0.2, 0.25) is 0 Å². The van der Waals surface area contributed by atoms with Crippen molar-refractivity contribution in [3.8, 4) is 0 Å². The van der Waals surface area contributed by atoms with Crippen molar-refractivity contribution < 1.29 is 14.3 Å². The van der Waals surface area contributed by atoms with Gasteiger partial charge in [-0.1, -0.05) is 12.8 Å². The molecular formula is C15H27NO3. The van der Waals surface area contributed by atoms with E-state index < -0.39 is 0 Å². The van der Waals surface area contributed by atoms with Crippen LogP contribution in [0.5, 0.6) is 0 Å². The Morgan fingerprint density at radius 1 is 1.42 bits per heavy atom. The van der Waals surface area contributed by atoms with Crippen molar-refractivity contribution >= 4 is 5.97 Å². The van der Waals surface area contributed by atoms with Crippen LogP contribution >= 0.6 is 0 Å². The Hall–Kier alpha value is -0.610. The number of carbonyl (C=O) groups is 1. The molecule has 0 aromatic carbocycles. The number of nitrogens with zero attached hydrogens (tertiary/aromatic N) is 1. The number of ether oxygens (including phenoxy) is 2. The molecule has 2 rings (SSSR count). The van der Waals surface area contributed by atoms with Crippen molar-refractivity contribution in [2.75, 3.05) is 27.3 Å². The lowest BCUT2D eigenvalue weighted by molar-refractivity contribution is -0.140. The van der Waals surface area contributed by atoms with Crippen LogP contribution in [0.3, 0.4) is 0 Å². The van der Waals surface area contributed by atoms with Crippen LogP contribution in [0.4, 0.5) is 0 Å². The second kappa shape index (κ2) is 6.71. The van der Waals surface area contributed by atoms with Crippen LogP contribution in [-0.2, 0) is 14.3 Å². The molecule has 19 heavy (non-hydrogen) atoms. The van der Waals surface area contributed by atoms with E-state index in [0.29, 0.717) is 12.5 Å². The van der Waals surface area contributed by atoms with Crippen molar-refractivity contribution in [2.24, 2.45) is 0 Å². The van der Waals surface area contributed by atoms with Crippen molar-refractivity contribution in [3.05, 3.63) is 0 Å². The van der Waals surface area contributed by atoms with Gasteiger partial charge in [0.05, 0.1) is 12.7 Å². The monoisotopic (exact) mass is 269 g/mol. The minimum absolute atomic E-state index is 0.104. The highest BCUT2D eigenvalue weighted by molar-refractivity contribution is 5.69. The molecule has 1 spiro atoms. The van der Waals surface area contributed by atoms with Gasteiger partial charge in [-0.25, -0.2) is 0 Å². The third kappa shape index (κ3) is 3.93. The fourth-order valence-electron chi connectivity index (χ4n) is 3.50. The molecule has 2 fully saturated rings. The van der Waals surface area contributed by atoms with Crippen molar-refractivity contribution in [1.29, 1.82) is 0 Å². The molecule has 0 amide bonds. The fraction of sp³-hybridized carbons (Fsp3) is 0.933. The van der Waals surface area contributed by atoms with Gasteiger partial charge in [-0.2, -0.15) is 0 Å². The van der Waals surface area contributed by atoms with Gasteiger partial charge in [-0.05, 0) is 45.7 Å². The van der Waals surface area contributed by atoms with E-state index in [0.717, 1.165) is 26.0 Å². The molecule has 1 atom stereocenters. The maximum atomic E-state index is 11.1. The van der Waals surface area contributed by atoms with Gasteiger partial charge in [0.15, 0.2) is 0 Å². The highest BCUT2D eigenvalue weighted by Gasteiger charge is 2.40. The van der Waals surface area contributed by atoms with Crippen LogP contribution in [0.1, 0.15) is 51.4 Å². The zero-order valence-corrected chi connectivity index (χ0v) is 12.3. The molecular weight excluding hydrogens is 242 g/mol. The summed E-state index contributed by atoms with van der Waals surface area (Å²) >= 11 is 0. The minimum atomic E-state index is -0.104. The molecule has 1 aliphatic heterocycles. The molecule has 1 heterocycles. The van der Waals surface area contributed by atoms with Crippen LogP contribution < -0.4 is 0 Å². The lowest BCUT2D eigenvalue weighted by atomic mass is 9.88. The molecule has 0 bridgehead atoms. The third-order valence-corrected chi connectivity index (χ3v) is 4.72. The Balaban J connectivity index is 1.75. The van der Waals surface area contributed by atoms with Gasteiger partial charge < -0.3 is 14.4 Å². The van der Waals surface area contributed by atoms with Crippen molar-refractivity contribution in [1.82, 2.24) is 4.90 Å². The summed E-state index contributed by atoms with van der Waals surface area (Å²) in [4.78, 5) is 13.5. The van der Waals surface area contributed by atoms with Gasteiger partial charge in [-0.3, -0.25) is 4.79 Å². The summed E-state index contributed by atoms with van der Waals surface area (Å²) in [7, 11) is 3.63. The van der Waals surface area contributed by atoms with E-state index in [1.807, 2.05) is 0 Å². The second-order valence-electron chi connectivity index (χ2n) is 6.05. The van der Waals surface area contributed by atoms with Gasteiger partial charge in [0.25, 0.3) is 0 Å². The maximum absolute atomic E-state index is 11.1. The van der Waals surface area contributed by atoms with E-state index in [1.165, 1.54) is 39.2 Å². The van der Waals surface area contributed by atoms with Crippen LogP contribution in [0.15, 0.2) is 0 Å². The average molecular weight is 269 g/mol. The third-order valence-electron chi connectivity index (χ3n) is 4.72. The number of hydrogen-bond acceptors (Lipinski definition) is 4. The smallest absolute Gasteiger partial charge is 0.305 e. The molecule has 1 unspecified atom stereocenters. The largest absolute Gasteiger partial charge is 0.469 e. The molecule has 0 N–H and O–H groups in total. The van der Waals surface area contributed by atoms with Crippen LogP contribution in [0, 0.1) is 0 Å². The highest BCUT2D eigenvalue weighted by atomic mass is 16.5. The Kier molecular flexibility index (Phi) is 5.22. The van der Waals surface area contributed by atoms with Gasteiger partial charge in [0, 0.05) is 19.1 Å². The quantitative estimate of drug-likeness (QED) is 0.718. The van der Waals surface area contributed by atoms with E-state index in [4.69, 9.17) is 4.74 Å². The number of rotatable bonds is 5. The van der Waals surface area contributed by atoms with Crippen LogP contribution in [0.25, 0.3) is 0 Å². The maximum Gasteiger partial charge on any atom is 0.305 e. The summed E-state index contributed by atoms with van der Waals surface area (Å²) in [6, 6.07) is 0.615. The minimum Gasteiger partial charge on any atom is -0.469 e. The first-order valence-electron chi connectivity index (χ1n) is 7.56. The second-order valence-corrected chi connectivity index (χ2v) is 6.05. The van der Waals surface area contributed by atoms with Gasteiger partial charge in [0.1, 0.15) is 0 Å². The van der Waals surface area contributed by atoms with E-state index in [1.54, 1.807) is 0 Å². The first-order chi connectivity index (χ1) is 9.15. The number of methoxy groups -OCH3 is 1. The molecule has 1 aliphatic carbocycles. The predicted octanol–water partition coefficient (Wildman–Crippen LogP) is 2.36. The highest BCUT2D eigenvalue weighted by Crippen LogP contribution is 2.40. The van der Waals surface area contributed by atoms with Crippen molar-refractivity contribution in [2.45, 2.75) is 63.0 Å². The molecule has 1 saturated carbocycles. The molecule has 0 radical (unpaired) electrons. The summed E-state index contributed by atoms with van der Waals surface area (Å²) in [5, 5.41) is 0. The summed E-state index contributed by atoms with van der Waals surface area (Å²) in [5.74, 6) is -0.104. The number of carbonyl (C=O) groups excluding carboxylic acids is 1. The number of hydrogen-bond donors (Lipinski definition) is 0. The lowest BCUT2D eigenvalue weighted by Gasteiger charge is -2.42. The topological polar surface area (TPSA) is 38.8 Å². The zero-order valence-electron chi connectivity index (χ0n) is 12.3. The Labute approximate surface area is 116 Å². The molecule has 4 nitrogen and oxygen atoms in total. The molecule has 0 aromatic rings. The SMILES string of the molecule is COC(=O)CCCN(C)C1CCOC2(CCCC2)C1. The first kappa shape index (κ1) is 14.8. The van der Waals surface area contributed by atoms with E-state index in [-0.39, 0.29) is 11.6 Å². The summed E-state index contributed by atoms with van der Waals surface area (Å²) in [6.45, 7) is 1.86. The summed E-state index contributed by atoms with van der Waals surface area (Å²) < 4.78 is 10.7. The molecule has 0 aromatic heterocycles. The Morgan fingerprint density at radius 3 is 2.84 bits per heavy atom. The molecule has 2 aliphatic rings. The van der Waals surface area contributed by atoms with Crippen LogP contribution in [0.2, 0.25) is 0 Å². The first-order valence-corrected chi connectivity index (χ1v) is 7.56. The zero-order chi connectivity index (χ0) is 13.7. The lowest BCUT2D eigenvalue weighted by Crippen LogP contribution is -2.46. The molecule has 110 valence electrons. The van der Waals surface area contributed by atoms with E-state index in [2.05, 4.69) is 16.7 Å². The van der Waals surface area contributed by atoms with Gasteiger partial charge >= 0.3 is 5.97 Å². The molecule has 4 heteroatoms. The van der Waals surface area contributed by atoms with Gasteiger partial charge in [-0.15, -0.1) is 0 Å². The summed E-state index contributed by atoms with van der Waals surface area (Å²) in [5.41, 5.74) is 0.180. The summed E-state index contributed by atoms with van der Waals surface area (Å²) in [6.07, 6.45) is 8.80. The average Bonchev–Trinajstić information content (AvgIpc) is 2.86. The normalized spacial score (nSPS) is 25.9. The predicted molar refractivity (Wildman–Crippen MR) is 74.1 cm³/mol. The van der Waals surface area contributed by atoms with E-state index in [9.17, 15) is 4.79 Å². The van der Waals surface area contributed by atoms with E-state index >= 15 is 0 Å². The van der Waals surface area contributed by atoms with Crippen LogP contribution in [-0.4, -0.2) is 49.8 Å². The Bertz CT molecular complexity index is 300. The number of esters is 1.